The number of carbonyl (C=O) groups is 1. The summed E-state index contributed by atoms with van der Waals surface area (Å²) in [6, 6.07) is 3.62. The summed E-state index contributed by atoms with van der Waals surface area (Å²) in [5.74, 6) is 0.633. The van der Waals surface area contributed by atoms with E-state index in [1.165, 1.54) is 19.3 Å². The van der Waals surface area contributed by atoms with Gasteiger partial charge in [-0.2, -0.15) is 0 Å². The molecule has 1 amide bonds. The van der Waals surface area contributed by atoms with Crippen LogP contribution in [0.3, 0.4) is 0 Å². The number of anilines is 1. The van der Waals surface area contributed by atoms with E-state index in [0.717, 1.165) is 32.6 Å². The molecule has 1 aromatic rings. The summed E-state index contributed by atoms with van der Waals surface area (Å²) in [5.41, 5.74) is 0.629. The third-order valence-electron chi connectivity index (χ3n) is 3.76. The van der Waals surface area contributed by atoms with Crippen LogP contribution >= 0.6 is 0 Å². The van der Waals surface area contributed by atoms with Crippen LogP contribution in [0, 0.1) is 0 Å². The van der Waals surface area contributed by atoms with Crippen molar-refractivity contribution in [3.63, 3.8) is 0 Å². The largest absolute Gasteiger partial charge is 0.369 e. The summed E-state index contributed by atoms with van der Waals surface area (Å²) in [7, 11) is 0. The quantitative estimate of drug-likeness (QED) is 0.807. The third-order valence-corrected chi connectivity index (χ3v) is 3.76. The molecule has 0 unspecified atom stereocenters. The van der Waals surface area contributed by atoms with E-state index in [-0.39, 0.29) is 5.91 Å². The van der Waals surface area contributed by atoms with Crippen molar-refractivity contribution >= 4 is 11.7 Å². The molecule has 5 heteroatoms. The molecule has 1 saturated heterocycles. The van der Waals surface area contributed by atoms with Crippen molar-refractivity contribution in [3.05, 3.63) is 23.9 Å². The lowest BCUT2D eigenvalue weighted by molar-refractivity contribution is 0.0947. The van der Waals surface area contributed by atoms with Gasteiger partial charge in [0.15, 0.2) is 0 Å². The normalized spacial score (nSPS) is 15.7. The molecule has 21 heavy (non-hydrogen) atoms. The van der Waals surface area contributed by atoms with Crippen LogP contribution in [0.5, 0.6) is 0 Å². The highest BCUT2D eigenvalue weighted by atomic mass is 16.1. The van der Waals surface area contributed by atoms with Crippen molar-refractivity contribution < 1.29 is 4.79 Å². The van der Waals surface area contributed by atoms with Gasteiger partial charge in [0, 0.05) is 25.8 Å². The van der Waals surface area contributed by atoms with Gasteiger partial charge in [-0.1, -0.05) is 13.3 Å². The van der Waals surface area contributed by atoms with E-state index < -0.39 is 0 Å². The predicted octanol–water partition coefficient (Wildman–Crippen LogP) is 2.12. The first-order chi connectivity index (χ1) is 10.3. The van der Waals surface area contributed by atoms with Crippen LogP contribution in [0.1, 0.15) is 43.0 Å². The van der Waals surface area contributed by atoms with E-state index in [4.69, 9.17) is 0 Å². The Morgan fingerprint density at radius 2 is 2.10 bits per heavy atom. The third kappa shape index (κ3) is 5.01. The van der Waals surface area contributed by atoms with E-state index in [0.29, 0.717) is 17.9 Å². The summed E-state index contributed by atoms with van der Waals surface area (Å²) in [4.78, 5) is 18.9. The minimum absolute atomic E-state index is 0.0429. The van der Waals surface area contributed by atoms with E-state index in [2.05, 4.69) is 27.4 Å². The van der Waals surface area contributed by atoms with Crippen LogP contribution in [0.25, 0.3) is 0 Å². The van der Waals surface area contributed by atoms with Crippen molar-refractivity contribution in [2.75, 3.05) is 38.0 Å². The molecule has 116 valence electrons. The summed E-state index contributed by atoms with van der Waals surface area (Å²) in [6.45, 7) is 6.86. The van der Waals surface area contributed by atoms with Crippen LogP contribution in [-0.2, 0) is 0 Å². The zero-order valence-corrected chi connectivity index (χ0v) is 12.9. The highest BCUT2D eigenvalue weighted by Crippen LogP contribution is 2.11. The molecule has 0 bridgehead atoms. The number of pyridine rings is 1. The Bertz CT molecular complexity index is 444. The van der Waals surface area contributed by atoms with Crippen LogP contribution < -0.4 is 10.6 Å². The Hall–Kier alpha value is -1.62. The smallest absolute Gasteiger partial charge is 0.255 e. The number of rotatable bonds is 7. The number of nitrogens with zero attached hydrogens (tertiary/aromatic N) is 2. The molecule has 2 N–H and O–H groups in total. The Kier molecular flexibility index (Phi) is 6.47. The summed E-state index contributed by atoms with van der Waals surface area (Å²) >= 11 is 0. The van der Waals surface area contributed by atoms with Gasteiger partial charge >= 0.3 is 0 Å². The molecule has 1 aliphatic rings. The van der Waals surface area contributed by atoms with Crippen LogP contribution in [0.2, 0.25) is 0 Å². The molecule has 0 spiro atoms. The fraction of sp³-hybridized carbons (Fsp3) is 0.625. The molecule has 0 radical (unpaired) electrons. The summed E-state index contributed by atoms with van der Waals surface area (Å²) < 4.78 is 0. The predicted molar refractivity (Wildman–Crippen MR) is 85.6 cm³/mol. The number of carbonyl (C=O) groups excluding carboxylic acids is 1. The van der Waals surface area contributed by atoms with Gasteiger partial charge in [0.25, 0.3) is 5.91 Å². The maximum Gasteiger partial charge on any atom is 0.255 e. The Morgan fingerprint density at radius 3 is 2.86 bits per heavy atom. The average molecular weight is 290 g/mol. The molecular formula is C16H26N4O. The second-order valence-corrected chi connectivity index (χ2v) is 5.48. The van der Waals surface area contributed by atoms with Crippen molar-refractivity contribution in [1.82, 2.24) is 15.2 Å². The number of nitrogens with one attached hydrogen (secondary N) is 2. The summed E-state index contributed by atoms with van der Waals surface area (Å²) in [6.07, 6.45) is 6.61. The lowest BCUT2D eigenvalue weighted by atomic mass is 10.1. The van der Waals surface area contributed by atoms with Gasteiger partial charge < -0.3 is 15.5 Å². The topological polar surface area (TPSA) is 57.3 Å². The van der Waals surface area contributed by atoms with Crippen molar-refractivity contribution in [2.24, 2.45) is 0 Å². The van der Waals surface area contributed by atoms with Gasteiger partial charge in [-0.15, -0.1) is 0 Å². The van der Waals surface area contributed by atoms with Crippen molar-refractivity contribution in [3.8, 4) is 0 Å². The highest BCUT2D eigenvalue weighted by Gasteiger charge is 2.13. The van der Waals surface area contributed by atoms with Crippen LogP contribution in [-0.4, -0.2) is 48.5 Å². The molecule has 0 saturated carbocycles. The van der Waals surface area contributed by atoms with E-state index >= 15 is 0 Å². The Morgan fingerprint density at radius 1 is 1.29 bits per heavy atom. The fourth-order valence-corrected chi connectivity index (χ4v) is 2.58. The summed E-state index contributed by atoms with van der Waals surface area (Å²) in [5, 5.41) is 6.20. The Balaban J connectivity index is 1.82. The second kappa shape index (κ2) is 8.62. The Labute approximate surface area is 127 Å². The molecule has 1 fully saturated rings. The number of aromatic nitrogens is 1. The van der Waals surface area contributed by atoms with Crippen LogP contribution in [0.15, 0.2) is 18.3 Å². The van der Waals surface area contributed by atoms with E-state index in [1.807, 2.05) is 6.07 Å². The number of hydrogen-bond donors (Lipinski definition) is 2. The SMILES string of the molecule is CCCNc1ncccc1C(=O)NCCN1CCCCC1. The van der Waals surface area contributed by atoms with E-state index in [1.54, 1.807) is 12.3 Å². The maximum absolute atomic E-state index is 12.3. The van der Waals surface area contributed by atoms with Crippen molar-refractivity contribution in [1.29, 1.82) is 0 Å². The van der Waals surface area contributed by atoms with Gasteiger partial charge in [0.05, 0.1) is 5.56 Å². The van der Waals surface area contributed by atoms with Gasteiger partial charge in [0.1, 0.15) is 5.82 Å². The number of likely N-dealkylation sites (tertiary alicyclic amines) is 1. The molecule has 2 rings (SSSR count). The standard InChI is InChI=1S/C16H26N4O/c1-2-8-17-15-14(7-6-9-18-15)16(21)19-10-13-20-11-4-3-5-12-20/h6-7,9H,2-5,8,10-13H2,1H3,(H,17,18)(H,19,21). The monoisotopic (exact) mass is 290 g/mol. The molecule has 1 aromatic heterocycles. The first-order valence-electron chi connectivity index (χ1n) is 8.00. The average Bonchev–Trinajstić information content (AvgIpc) is 2.54. The van der Waals surface area contributed by atoms with Gasteiger partial charge in [-0.25, -0.2) is 4.98 Å². The number of amides is 1. The van der Waals surface area contributed by atoms with Crippen LogP contribution in [0.4, 0.5) is 5.82 Å². The minimum atomic E-state index is -0.0429. The highest BCUT2D eigenvalue weighted by molar-refractivity contribution is 5.98. The lowest BCUT2D eigenvalue weighted by Crippen LogP contribution is -2.37. The molecule has 5 nitrogen and oxygen atoms in total. The fourth-order valence-electron chi connectivity index (χ4n) is 2.58. The van der Waals surface area contributed by atoms with E-state index in [9.17, 15) is 4.79 Å². The first kappa shape index (κ1) is 15.8. The molecular weight excluding hydrogens is 264 g/mol. The number of piperidine rings is 1. The van der Waals surface area contributed by atoms with Gasteiger partial charge in [-0.3, -0.25) is 4.79 Å². The maximum atomic E-state index is 12.3. The molecule has 0 aliphatic carbocycles. The zero-order chi connectivity index (χ0) is 14.9. The second-order valence-electron chi connectivity index (χ2n) is 5.48. The first-order valence-corrected chi connectivity index (χ1v) is 8.00. The van der Waals surface area contributed by atoms with Crippen molar-refractivity contribution in [2.45, 2.75) is 32.6 Å². The lowest BCUT2D eigenvalue weighted by Gasteiger charge is -2.26. The molecule has 2 heterocycles. The molecule has 0 aromatic carbocycles. The molecule has 0 atom stereocenters. The van der Waals surface area contributed by atoms with Gasteiger partial charge in [-0.05, 0) is 44.5 Å². The number of hydrogen-bond acceptors (Lipinski definition) is 4. The minimum Gasteiger partial charge on any atom is -0.369 e. The van der Waals surface area contributed by atoms with Gasteiger partial charge in [0.2, 0.25) is 0 Å². The molecule has 1 aliphatic heterocycles. The zero-order valence-electron chi connectivity index (χ0n) is 12.9.